The number of carbonyl (C=O) groups excluding carboxylic acids is 1. The van der Waals surface area contributed by atoms with Crippen molar-refractivity contribution < 1.29 is 14.6 Å². The molecule has 128 valence electrons. The summed E-state index contributed by atoms with van der Waals surface area (Å²) in [7, 11) is 1.63. The second-order valence-electron chi connectivity index (χ2n) is 6.04. The Kier molecular flexibility index (Phi) is 7.13. The number of ether oxygens (including phenoxy) is 1. The second kappa shape index (κ2) is 9.35. The molecule has 0 aliphatic heterocycles. The Morgan fingerprint density at radius 2 is 2.13 bits per heavy atom. The van der Waals surface area contributed by atoms with E-state index in [-0.39, 0.29) is 18.1 Å². The summed E-state index contributed by atoms with van der Waals surface area (Å²) in [4.78, 5) is 16.1. The van der Waals surface area contributed by atoms with Crippen LogP contribution in [0.15, 0.2) is 18.3 Å². The number of aromatic nitrogens is 1. The van der Waals surface area contributed by atoms with Gasteiger partial charge in [0.05, 0.1) is 13.2 Å². The van der Waals surface area contributed by atoms with Gasteiger partial charge in [0, 0.05) is 31.3 Å². The van der Waals surface area contributed by atoms with Crippen LogP contribution in [0, 0.1) is 0 Å². The zero-order valence-corrected chi connectivity index (χ0v) is 13.8. The van der Waals surface area contributed by atoms with Gasteiger partial charge in [-0.25, -0.2) is 4.98 Å². The van der Waals surface area contributed by atoms with Crippen molar-refractivity contribution in [3.8, 4) is 5.75 Å². The van der Waals surface area contributed by atoms with Crippen molar-refractivity contribution in [1.82, 2.24) is 10.3 Å². The van der Waals surface area contributed by atoms with Gasteiger partial charge in [-0.15, -0.1) is 0 Å². The average molecular weight is 321 g/mol. The maximum absolute atomic E-state index is 11.9. The zero-order chi connectivity index (χ0) is 16.5. The van der Waals surface area contributed by atoms with Gasteiger partial charge in [-0.2, -0.15) is 0 Å². The molecule has 0 atom stereocenters. The first-order valence-corrected chi connectivity index (χ1v) is 8.38. The molecule has 23 heavy (non-hydrogen) atoms. The predicted molar refractivity (Wildman–Crippen MR) is 89.5 cm³/mol. The first-order valence-electron chi connectivity index (χ1n) is 8.38. The summed E-state index contributed by atoms with van der Waals surface area (Å²) in [6.07, 6.45) is 7.19. The van der Waals surface area contributed by atoms with Gasteiger partial charge >= 0.3 is 0 Å². The van der Waals surface area contributed by atoms with Crippen molar-refractivity contribution >= 4 is 11.7 Å². The maximum Gasteiger partial charge on any atom is 0.220 e. The predicted octanol–water partition coefficient (Wildman–Crippen LogP) is 2.09. The van der Waals surface area contributed by atoms with Gasteiger partial charge < -0.3 is 20.5 Å². The summed E-state index contributed by atoms with van der Waals surface area (Å²) in [6, 6.07) is 3.90. The number of nitrogens with zero attached hydrogens (tertiary/aromatic N) is 1. The van der Waals surface area contributed by atoms with Gasteiger partial charge in [-0.3, -0.25) is 4.79 Å². The summed E-state index contributed by atoms with van der Waals surface area (Å²) in [6.45, 7) is 0.781. The summed E-state index contributed by atoms with van der Waals surface area (Å²) in [5.74, 6) is 1.68. The average Bonchev–Trinajstić information content (AvgIpc) is 2.57. The van der Waals surface area contributed by atoms with E-state index >= 15 is 0 Å². The molecule has 0 aromatic carbocycles. The van der Waals surface area contributed by atoms with Crippen LogP contribution in [-0.2, 0) is 4.79 Å². The number of anilines is 1. The molecule has 1 aliphatic carbocycles. The number of aliphatic hydroxyl groups excluding tert-OH is 1. The first-order chi connectivity index (χ1) is 11.2. The largest absolute Gasteiger partial charge is 0.497 e. The van der Waals surface area contributed by atoms with E-state index in [0.717, 1.165) is 56.6 Å². The molecule has 0 spiro atoms. The quantitative estimate of drug-likeness (QED) is 0.639. The molecule has 1 amide bonds. The molecular weight excluding hydrogens is 294 g/mol. The molecule has 0 saturated heterocycles. The van der Waals surface area contributed by atoms with E-state index in [1.54, 1.807) is 19.4 Å². The third-order valence-corrected chi connectivity index (χ3v) is 4.17. The highest BCUT2D eigenvalue weighted by Crippen LogP contribution is 2.18. The van der Waals surface area contributed by atoms with Gasteiger partial charge in [0.2, 0.25) is 5.91 Å². The lowest BCUT2D eigenvalue weighted by atomic mass is 9.93. The smallest absolute Gasteiger partial charge is 0.220 e. The number of hydrogen-bond donors (Lipinski definition) is 3. The minimum absolute atomic E-state index is 0.117. The zero-order valence-electron chi connectivity index (χ0n) is 13.8. The van der Waals surface area contributed by atoms with E-state index in [1.165, 1.54) is 0 Å². The number of aliphatic hydroxyl groups is 1. The maximum atomic E-state index is 11.9. The SMILES string of the molecule is COc1ccnc(NCCCCC(=O)NC2CCC(O)CC2)c1. The Bertz CT molecular complexity index is 488. The molecule has 6 heteroatoms. The van der Waals surface area contributed by atoms with Crippen LogP contribution >= 0.6 is 0 Å². The molecule has 0 radical (unpaired) electrons. The van der Waals surface area contributed by atoms with Crippen LogP contribution in [0.1, 0.15) is 44.9 Å². The number of nitrogens with one attached hydrogen (secondary N) is 2. The van der Waals surface area contributed by atoms with Gasteiger partial charge in [-0.05, 0) is 44.6 Å². The van der Waals surface area contributed by atoms with Crippen LogP contribution in [-0.4, -0.2) is 41.8 Å². The second-order valence-corrected chi connectivity index (χ2v) is 6.04. The third kappa shape index (κ3) is 6.44. The normalized spacial score (nSPS) is 20.8. The minimum Gasteiger partial charge on any atom is -0.497 e. The van der Waals surface area contributed by atoms with E-state index in [9.17, 15) is 9.90 Å². The Hall–Kier alpha value is -1.82. The molecule has 2 rings (SSSR count). The fraction of sp³-hybridized carbons (Fsp3) is 0.647. The van der Waals surface area contributed by atoms with E-state index in [0.29, 0.717) is 6.42 Å². The molecule has 1 aliphatic rings. The molecule has 3 N–H and O–H groups in total. The molecule has 1 saturated carbocycles. The van der Waals surface area contributed by atoms with Gasteiger partial charge in [0.15, 0.2) is 0 Å². The number of amides is 1. The Morgan fingerprint density at radius 1 is 1.35 bits per heavy atom. The summed E-state index contributed by atoms with van der Waals surface area (Å²) in [5, 5.41) is 15.7. The highest BCUT2D eigenvalue weighted by molar-refractivity contribution is 5.76. The van der Waals surface area contributed by atoms with Crippen LogP contribution in [0.2, 0.25) is 0 Å². The third-order valence-electron chi connectivity index (χ3n) is 4.17. The summed E-state index contributed by atoms with van der Waals surface area (Å²) >= 11 is 0. The molecule has 1 fully saturated rings. The van der Waals surface area contributed by atoms with E-state index in [4.69, 9.17) is 4.74 Å². The van der Waals surface area contributed by atoms with Crippen molar-refractivity contribution in [2.75, 3.05) is 19.0 Å². The van der Waals surface area contributed by atoms with Crippen LogP contribution in [0.5, 0.6) is 5.75 Å². The van der Waals surface area contributed by atoms with E-state index in [1.807, 2.05) is 6.07 Å². The van der Waals surface area contributed by atoms with Crippen molar-refractivity contribution in [2.24, 2.45) is 0 Å². The van der Waals surface area contributed by atoms with Crippen LogP contribution < -0.4 is 15.4 Å². The number of unbranched alkanes of at least 4 members (excludes halogenated alkanes) is 1. The number of methoxy groups -OCH3 is 1. The molecule has 1 heterocycles. The summed E-state index contributed by atoms with van der Waals surface area (Å²) in [5.41, 5.74) is 0. The van der Waals surface area contributed by atoms with Crippen molar-refractivity contribution in [3.05, 3.63) is 18.3 Å². The van der Waals surface area contributed by atoms with Crippen LogP contribution in [0.25, 0.3) is 0 Å². The molecule has 1 aromatic rings. The van der Waals surface area contributed by atoms with Crippen LogP contribution in [0.3, 0.4) is 0 Å². The van der Waals surface area contributed by atoms with Crippen molar-refractivity contribution in [1.29, 1.82) is 0 Å². The molecule has 0 unspecified atom stereocenters. The minimum atomic E-state index is -0.181. The van der Waals surface area contributed by atoms with Gasteiger partial charge in [0.25, 0.3) is 0 Å². The highest BCUT2D eigenvalue weighted by atomic mass is 16.5. The fourth-order valence-corrected chi connectivity index (χ4v) is 2.78. The number of pyridine rings is 1. The Balaban J connectivity index is 1.55. The fourth-order valence-electron chi connectivity index (χ4n) is 2.78. The number of rotatable bonds is 8. The lowest BCUT2D eigenvalue weighted by Crippen LogP contribution is -2.38. The lowest BCUT2D eigenvalue weighted by Gasteiger charge is -2.26. The van der Waals surface area contributed by atoms with Gasteiger partial charge in [-0.1, -0.05) is 0 Å². The molecule has 6 nitrogen and oxygen atoms in total. The number of hydrogen-bond acceptors (Lipinski definition) is 5. The molecule has 0 bridgehead atoms. The van der Waals surface area contributed by atoms with Crippen molar-refractivity contribution in [2.45, 2.75) is 57.1 Å². The van der Waals surface area contributed by atoms with Crippen molar-refractivity contribution in [3.63, 3.8) is 0 Å². The lowest BCUT2D eigenvalue weighted by molar-refractivity contribution is -0.122. The highest BCUT2D eigenvalue weighted by Gasteiger charge is 2.20. The Labute approximate surface area is 137 Å². The first kappa shape index (κ1) is 17.5. The van der Waals surface area contributed by atoms with E-state index in [2.05, 4.69) is 15.6 Å². The Morgan fingerprint density at radius 3 is 2.87 bits per heavy atom. The topological polar surface area (TPSA) is 83.5 Å². The van der Waals surface area contributed by atoms with Crippen LogP contribution in [0.4, 0.5) is 5.82 Å². The van der Waals surface area contributed by atoms with E-state index < -0.39 is 0 Å². The number of carbonyl (C=O) groups is 1. The van der Waals surface area contributed by atoms with Gasteiger partial charge in [0.1, 0.15) is 11.6 Å². The monoisotopic (exact) mass is 321 g/mol. The molecule has 1 aromatic heterocycles. The summed E-state index contributed by atoms with van der Waals surface area (Å²) < 4.78 is 5.14. The molecular formula is C17H27N3O3. The standard InChI is InChI=1S/C17H27N3O3/c1-23-15-9-11-19-16(12-15)18-10-3-2-4-17(22)20-13-5-7-14(21)8-6-13/h9,11-14,21H,2-8,10H2,1H3,(H,18,19)(H,20,22).